The van der Waals surface area contributed by atoms with E-state index in [-0.39, 0.29) is 5.69 Å². The van der Waals surface area contributed by atoms with E-state index in [2.05, 4.69) is 18.8 Å². The largest absolute Gasteiger partial charge is 0.493 e. The zero-order valence-corrected chi connectivity index (χ0v) is 16.9. The zero-order chi connectivity index (χ0) is 20.1. The molecule has 2 aromatic carbocycles. The summed E-state index contributed by atoms with van der Waals surface area (Å²) in [4.78, 5) is 14.9. The summed E-state index contributed by atoms with van der Waals surface area (Å²) >= 11 is 1.49. The van der Waals surface area contributed by atoms with Crippen LogP contribution in [0.3, 0.4) is 0 Å². The minimum absolute atomic E-state index is 0.0473. The van der Waals surface area contributed by atoms with Crippen molar-refractivity contribution in [2.75, 3.05) is 13.7 Å². The third-order valence-corrected chi connectivity index (χ3v) is 5.16. The normalized spacial score (nSPS) is 11.4. The first-order valence-electron chi connectivity index (χ1n) is 9.00. The molecule has 0 atom stereocenters. The summed E-state index contributed by atoms with van der Waals surface area (Å²) in [5.74, 6) is 2.00. The topological polar surface area (TPSA) is 74.5 Å². The van der Waals surface area contributed by atoms with E-state index in [4.69, 9.17) is 9.47 Å². The molecule has 0 saturated heterocycles. The van der Waals surface area contributed by atoms with E-state index >= 15 is 0 Å². The molecule has 1 heterocycles. The van der Waals surface area contributed by atoms with Gasteiger partial charge < -0.3 is 9.47 Å². The smallest absolute Gasteiger partial charge is 0.271 e. The molecule has 3 aromatic rings. The van der Waals surface area contributed by atoms with Crippen LogP contribution in [0.5, 0.6) is 11.5 Å². The summed E-state index contributed by atoms with van der Waals surface area (Å²) in [6.07, 6.45) is 4.82. The van der Waals surface area contributed by atoms with Gasteiger partial charge in [0, 0.05) is 12.1 Å². The van der Waals surface area contributed by atoms with Crippen molar-refractivity contribution in [3.05, 3.63) is 57.1 Å². The lowest BCUT2D eigenvalue weighted by Gasteiger charge is -2.12. The van der Waals surface area contributed by atoms with Gasteiger partial charge in [0.2, 0.25) is 0 Å². The Balaban J connectivity index is 1.76. The van der Waals surface area contributed by atoms with Crippen molar-refractivity contribution in [2.45, 2.75) is 20.3 Å². The van der Waals surface area contributed by atoms with Crippen LogP contribution in [0.1, 0.15) is 30.8 Å². The van der Waals surface area contributed by atoms with Gasteiger partial charge in [-0.1, -0.05) is 26.0 Å². The van der Waals surface area contributed by atoms with E-state index in [0.29, 0.717) is 23.8 Å². The Labute approximate surface area is 167 Å². The van der Waals surface area contributed by atoms with Crippen LogP contribution in [0.2, 0.25) is 0 Å². The Kier molecular flexibility index (Phi) is 6.26. The molecule has 28 heavy (non-hydrogen) atoms. The number of hydrogen-bond donors (Lipinski definition) is 0. The van der Waals surface area contributed by atoms with Crippen LogP contribution in [0.15, 0.2) is 36.4 Å². The van der Waals surface area contributed by atoms with E-state index in [1.54, 1.807) is 13.2 Å². The molecule has 0 spiro atoms. The summed E-state index contributed by atoms with van der Waals surface area (Å²) in [6.45, 7) is 4.98. The maximum absolute atomic E-state index is 10.9. The minimum Gasteiger partial charge on any atom is -0.493 e. The number of benzene rings is 2. The second kappa shape index (κ2) is 8.84. The Hall–Kier alpha value is -2.93. The molecule has 0 amide bonds. The van der Waals surface area contributed by atoms with Crippen LogP contribution in [0.25, 0.3) is 22.4 Å². The summed E-state index contributed by atoms with van der Waals surface area (Å²) in [7, 11) is 1.62. The van der Waals surface area contributed by atoms with Gasteiger partial charge in [-0.3, -0.25) is 10.1 Å². The molecule has 0 aliphatic heterocycles. The number of nitro benzene ring substituents is 1. The molecule has 0 fully saturated rings. The van der Waals surface area contributed by atoms with Gasteiger partial charge in [0.1, 0.15) is 5.01 Å². The monoisotopic (exact) mass is 398 g/mol. The van der Waals surface area contributed by atoms with Gasteiger partial charge in [0.15, 0.2) is 11.5 Å². The van der Waals surface area contributed by atoms with Crippen molar-refractivity contribution >= 4 is 39.4 Å². The molecule has 0 aliphatic rings. The second-order valence-electron chi connectivity index (χ2n) is 6.74. The minimum atomic E-state index is -0.411. The molecule has 7 heteroatoms. The van der Waals surface area contributed by atoms with Gasteiger partial charge in [-0.2, -0.15) is 0 Å². The van der Waals surface area contributed by atoms with E-state index in [0.717, 1.165) is 27.4 Å². The number of aromatic nitrogens is 1. The molecular formula is C21H22N2O4S. The lowest BCUT2D eigenvalue weighted by molar-refractivity contribution is -0.384. The fraction of sp³-hybridized carbons (Fsp3) is 0.286. The number of nitrogens with zero attached hydrogens (tertiary/aromatic N) is 2. The first kappa shape index (κ1) is 19.8. The fourth-order valence-corrected chi connectivity index (χ4v) is 3.45. The molecule has 1 aromatic heterocycles. The lowest BCUT2D eigenvalue weighted by Crippen LogP contribution is -2.02. The number of non-ortho nitro benzene ring substituents is 1. The van der Waals surface area contributed by atoms with Gasteiger partial charge in [-0.05, 0) is 42.2 Å². The fourth-order valence-electron chi connectivity index (χ4n) is 2.60. The van der Waals surface area contributed by atoms with Crippen molar-refractivity contribution in [3.8, 4) is 11.5 Å². The third kappa shape index (κ3) is 4.86. The summed E-state index contributed by atoms with van der Waals surface area (Å²) in [5.41, 5.74) is 1.63. The van der Waals surface area contributed by atoms with Crippen LogP contribution in [0.4, 0.5) is 5.69 Å². The Morgan fingerprint density at radius 3 is 2.71 bits per heavy atom. The van der Waals surface area contributed by atoms with E-state index < -0.39 is 4.92 Å². The number of rotatable bonds is 8. The highest BCUT2D eigenvalue weighted by Crippen LogP contribution is 2.30. The zero-order valence-electron chi connectivity index (χ0n) is 16.0. The molecule has 0 N–H and O–H groups in total. The van der Waals surface area contributed by atoms with Crippen LogP contribution in [-0.4, -0.2) is 23.6 Å². The average molecular weight is 398 g/mol. The first-order chi connectivity index (χ1) is 13.5. The van der Waals surface area contributed by atoms with Gasteiger partial charge in [-0.25, -0.2) is 4.98 Å². The number of methoxy groups -OCH3 is 1. The molecule has 0 radical (unpaired) electrons. The number of fused-ring (bicyclic) bond motifs is 1. The van der Waals surface area contributed by atoms with Gasteiger partial charge in [-0.15, -0.1) is 11.3 Å². The molecule has 6 nitrogen and oxygen atoms in total. The molecule has 0 saturated carbocycles. The van der Waals surface area contributed by atoms with Crippen LogP contribution in [-0.2, 0) is 0 Å². The van der Waals surface area contributed by atoms with Crippen LogP contribution >= 0.6 is 11.3 Å². The number of nitro groups is 1. The summed E-state index contributed by atoms with van der Waals surface area (Å²) < 4.78 is 12.2. The molecule has 3 rings (SSSR count). The average Bonchev–Trinajstić information content (AvgIpc) is 3.08. The number of hydrogen-bond acceptors (Lipinski definition) is 6. The maximum atomic E-state index is 10.9. The van der Waals surface area contributed by atoms with Crippen molar-refractivity contribution in [1.82, 2.24) is 4.98 Å². The number of ether oxygens (including phenoxy) is 2. The van der Waals surface area contributed by atoms with Crippen molar-refractivity contribution in [2.24, 2.45) is 5.92 Å². The third-order valence-electron chi connectivity index (χ3n) is 4.16. The second-order valence-corrected chi connectivity index (χ2v) is 7.80. The van der Waals surface area contributed by atoms with Crippen molar-refractivity contribution < 1.29 is 14.4 Å². The molecule has 0 unspecified atom stereocenters. The van der Waals surface area contributed by atoms with Crippen LogP contribution in [0, 0.1) is 16.0 Å². The standard InChI is InChI=1S/C21H22N2O4S/c1-14(2)10-11-27-18-7-4-15(12-19(18)26-3)5-9-21-22-17-13-16(23(24)25)6-8-20(17)28-21/h4-9,12-14H,10-11H2,1-3H3. The van der Waals surface area contributed by atoms with Crippen molar-refractivity contribution in [3.63, 3.8) is 0 Å². The summed E-state index contributed by atoms with van der Waals surface area (Å²) in [5, 5.41) is 11.7. The Morgan fingerprint density at radius 2 is 2.00 bits per heavy atom. The van der Waals surface area contributed by atoms with Gasteiger partial charge in [0.25, 0.3) is 5.69 Å². The lowest BCUT2D eigenvalue weighted by atomic mass is 10.1. The Bertz CT molecular complexity index is 1010. The molecule has 0 bridgehead atoms. The quantitative estimate of drug-likeness (QED) is 0.354. The SMILES string of the molecule is COc1cc(C=Cc2nc3cc([N+](=O)[O-])ccc3s2)ccc1OCCC(C)C. The molecular weight excluding hydrogens is 376 g/mol. The summed E-state index contributed by atoms with van der Waals surface area (Å²) in [6, 6.07) is 10.5. The molecule has 0 aliphatic carbocycles. The van der Waals surface area contributed by atoms with Crippen molar-refractivity contribution in [1.29, 1.82) is 0 Å². The number of thiazole rings is 1. The van der Waals surface area contributed by atoms with E-state index in [1.165, 1.54) is 23.5 Å². The first-order valence-corrected chi connectivity index (χ1v) is 9.82. The van der Waals surface area contributed by atoms with Gasteiger partial charge >= 0.3 is 0 Å². The van der Waals surface area contributed by atoms with Gasteiger partial charge in [0.05, 0.1) is 28.9 Å². The predicted molar refractivity (Wildman–Crippen MR) is 113 cm³/mol. The predicted octanol–water partition coefficient (Wildman–Crippen LogP) is 5.81. The maximum Gasteiger partial charge on any atom is 0.271 e. The molecule has 146 valence electrons. The highest BCUT2D eigenvalue weighted by Gasteiger charge is 2.09. The van der Waals surface area contributed by atoms with E-state index in [9.17, 15) is 10.1 Å². The highest BCUT2D eigenvalue weighted by atomic mass is 32.1. The highest BCUT2D eigenvalue weighted by molar-refractivity contribution is 7.19. The Morgan fingerprint density at radius 1 is 1.18 bits per heavy atom. The van der Waals surface area contributed by atoms with E-state index in [1.807, 2.05) is 30.4 Å². The van der Waals surface area contributed by atoms with Crippen LogP contribution < -0.4 is 9.47 Å².